The van der Waals surface area contributed by atoms with Gasteiger partial charge in [-0.2, -0.15) is 5.26 Å². The summed E-state index contributed by atoms with van der Waals surface area (Å²) in [7, 11) is 2.80. The first-order valence-electron chi connectivity index (χ1n) is 7.74. The minimum Gasteiger partial charge on any atom is -0.495 e. The van der Waals surface area contributed by atoms with E-state index in [1.54, 1.807) is 36.4 Å². The normalized spacial score (nSPS) is 10.6. The number of nitriles is 1. The van der Waals surface area contributed by atoms with Crippen LogP contribution in [0.1, 0.15) is 21.5 Å². The molecule has 26 heavy (non-hydrogen) atoms. The Morgan fingerprint density at radius 1 is 1.12 bits per heavy atom. The number of anilines is 1. The molecule has 0 spiro atoms. The fraction of sp³-hybridized carbons (Fsp3) is 0.150. The summed E-state index contributed by atoms with van der Waals surface area (Å²) in [5.74, 6) is -0.498. The first-order valence-corrected chi connectivity index (χ1v) is 7.74. The molecule has 0 unspecified atom stereocenters. The lowest BCUT2D eigenvalue weighted by Crippen LogP contribution is -2.14. The molecule has 0 saturated carbocycles. The Morgan fingerprint density at radius 2 is 1.81 bits per heavy atom. The van der Waals surface area contributed by atoms with Crippen LogP contribution in [0.15, 0.2) is 48.0 Å². The van der Waals surface area contributed by atoms with Gasteiger partial charge in [0.2, 0.25) is 0 Å². The molecule has 0 atom stereocenters. The lowest BCUT2D eigenvalue weighted by atomic mass is 10.1. The maximum Gasteiger partial charge on any atom is 0.337 e. The molecule has 2 aromatic rings. The number of hydrogen-bond donors (Lipinski definition) is 1. The van der Waals surface area contributed by atoms with Gasteiger partial charge in [-0.05, 0) is 48.4 Å². The number of carbonyl (C=O) groups is 2. The van der Waals surface area contributed by atoms with Gasteiger partial charge in [-0.25, -0.2) is 4.79 Å². The van der Waals surface area contributed by atoms with E-state index in [1.165, 1.54) is 20.3 Å². The van der Waals surface area contributed by atoms with Gasteiger partial charge in [0.25, 0.3) is 5.91 Å². The second-order valence-corrected chi connectivity index (χ2v) is 5.44. The van der Waals surface area contributed by atoms with Gasteiger partial charge in [-0.15, -0.1) is 0 Å². The van der Waals surface area contributed by atoms with Crippen molar-refractivity contribution in [3.8, 4) is 11.8 Å². The van der Waals surface area contributed by atoms with Crippen LogP contribution in [-0.2, 0) is 9.53 Å². The van der Waals surface area contributed by atoms with Crippen LogP contribution in [0.2, 0.25) is 0 Å². The standard InChI is InChI=1S/C20H18N2O4/c1-13-4-9-18(25-2)17(10-13)22-19(23)16(12-21)11-14-5-7-15(8-6-14)20(24)26-3/h4-11H,1-3H3,(H,22,23)/b16-11+. The largest absolute Gasteiger partial charge is 0.495 e. The van der Waals surface area contributed by atoms with Crippen LogP contribution in [-0.4, -0.2) is 26.1 Å². The zero-order valence-electron chi connectivity index (χ0n) is 14.7. The maximum absolute atomic E-state index is 12.4. The third-order valence-corrected chi connectivity index (χ3v) is 3.61. The first kappa shape index (κ1) is 18.7. The summed E-state index contributed by atoms with van der Waals surface area (Å²) in [6.07, 6.45) is 1.44. The second-order valence-electron chi connectivity index (χ2n) is 5.44. The summed E-state index contributed by atoms with van der Waals surface area (Å²) in [6, 6.07) is 13.6. The van der Waals surface area contributed by atoms with Crippen LogP contribution >= 0.6 is 0 Å². The lowest BCUT2D eigenvalue weighted by Gasteiger charge is -2.10. The Balaban J connectivity index is 2.24. The molecular weight excluding hydrogens is 332 g/mol. The zero-order valence-corrected chi connectivity index (χ0v) is 14.7. The molecule has 2 rings (SSSR count). The molecule has 0 radical (unpaired) electrons. The fourth-order valence-corrected chi connectivity index (χ4v) is 2.26. The van der Waals surface area contributed by atoms with E-state index in [9.17, 15) is 14.9 Å². The van der Waals surface area contributed by atoms with Crippen LogP contribution in [0.3, 0.4) is 0 Å². The fourth-order valence-electron chi connectivity index (χ4n) is 2.26. The summed E-state index contributed by atoms with van der Waals surface area (Å²) in [5.41, 5.74) is 2.36. The Labute approximate surface area is 151 Å². The number of ether oxygens (including phenoxy) is 2. The smallest absolute Gasteiger partial charge is 0.337 e. The van der Waals surface area contributed by atoms with E-state index in [-0.39, 0.29) is 5.57 Å². The van der Waals surface area contributed by atoms with E-state index in [1.807, 2.05) is 19.1 Å². The van der Waals surface area contributed by atoms with Crippen molar-refractivity contribution < 1.29 is 19.1 Å². The van der Waals surface area contributed by atoms with E-state index < -0.39 is 11.9 Å². The quantitative estimate of drug-likeness (QED) is 0.507. The van der Waals surface area contributed by atoms with Crippen LogP contribution in [0.5, 0.6) is 5.75 Å². The van der Waals surface area contributed by atoms with Crippen molar-refractivity contribution in [2.45, 2.75) is 6.92 Å². The summed E-state index contributed by atoms with van der Waals surface area (Å²) in [6.45, 7) is 1.89. The molecule has 1 N–H and O–H groups in total. The van der Waals surface area contributed by atoms with Crippen molar-refractivity contribution >= 4 is 23.6 Å². The van der Waals surface area contributed by atoms with Crippen molar-refractivity contribution in [3.63, 3.8) is 0 Å². The number of hydrogen-bond acceptors (Lipinski definition) is 5. The molecule has 0 aromatic heterocycles. The lowest BCUT2D eigenvalue weighted by molar-refractivity contribution is -0.112. The Hall–Kier alpha value is -3.59. The van der Waals surface area contributed by atoms with E-state index in [4.69, 9.17) is 4.74 Å². The highest BCUT2D eigenvalue weighted by Crippen LogP contribution is 2.25. The van der Waals surface area contributed by atoms with Gasteiger partial charge < -0.3 is 14.8 Å². The van der Waals surface area contributed by atoms with Crippen LogP contribution in [0, 0.1) is 18.3 Å². The highest BCUT2D eigenvalue weighted by atomic mass is 16.5. The van der Waals surface area contributed by atoms with E-state index >= 15 is 0 Å². The average molecular weight is 350 g/mol. The number of benzene rings is 2. The average Bonchev–Trinajstić information content (AvgIpc) is 2.66. The molecule has 0 fully saturated rings. The maximum atomic E-state index is 12.4. The number of rotatable bonds is 5. The summed E-state index contributed by atoms with van der Waals surface area (Å²) in [5, 5.41) is 12.0. The minimum absolute atomic E-state index is 0.0700. The first-order chi connectivity index (χ1) is 12.5. The van der Waals surface area contributed by atoms with Gasteiger partial charge in [-0.3, -0.25) is 4.79 Å². The van der Waals surface area contributed by atoms with Crippen LogP contribution < -0.4 is 10.1 Å². The van der Waals surface area contributed by atoms with Gasteiger partial charge in [0.15, 0.2) is 0 Å². The van der Waals surface area contributed by atoms with Crippen LogP contribution in [0.25, 0.3) is 6.08 Å². The molecule has 1 amide bonds. The number of nitrogens with zero attached hydrogens (tertiary/aromatic N) is 1. The Morgan fingerprint density at radius 3 is 2.38 bits per heavy atom. The number of methoxy groups -OCH3 is 2. The van der Waals surface area contributed by atoms with Crippen molar-refractivity contribution in [2.75, 3.05) is 19.5 Å². The molecule has 0 saturated heterocycles. The number of amides is 1. The van der Waals surface area contributed by atoms with Crippen molar-refractivity contribution in [1.82, 2.24) is 0 Å². The predicted octanol–water partition coefficient (Wildman–Crippen LogP) is 3.34. The molecule has 0 aliphatic rings. The molecule has 0 aliphatic carbocycles. The summed E-state index contributed by atoms with van der Waals surface area (Å²) < 4.78 is 9.85. The molecular formula is C20H18N2O4. The van der Waals surface area contributed by atoms with Crippen molar-refractivity contribution in [2.24, 2.45) is 0 Å². The molecule has 132 valence electrons. The van der Waals surface area contributed by atoms with Gasteiger partial charge in [-0.1, -0.05) is 18.2 Å². The number of carbonyl (C=O) groups excluding carboxylic acids is 2. The molecule has 2 aromatic carbocycles. The van der Waals surface area contributed by atoms with Gasteiger partial charge in [0, 0.05) is 0 Å². The summed E-state index contributed by atoms with van der Waals surface area (Å²) in [4.78, 5) is 23.9. The number of aryl methyl sites for hydroxylation is 1. The SMILES string of the molecule is COC(=O)c1ccc(/C=C(\C#N)C(=O)Nc2cc(C)ccc2OC)cc1. The van der Waals surface area contributed by atoms with Crippen molar-refractivity contribution in [3.05, 3.63) is 64.7 Å². The van der Waals surface area contributed by atoms with Crippen molar-refractivity contribution in [1.29, 1.82) is 5.26 Å². The van der Waals surface area contributed by atoms with Gasteiger partial charge in [0.1, 0.15) is 17.4 Å². The predicted molar refractivity (Wildman–Crippen MR) is 97.7 cm³/mol. The molecule has 0 bridgehead atoms. The molecule has 0 heterocycles. The molecule has 6 heteroatoms. The van der Waals surface area contributed by atoms with Gasteiger partial charge >= 0.3 is 5.97 Å². The van der Waals surface area contributed by atoms with E-state index in [0.29, 0.717) is 22.6 Å². The highest BCUT2D eigenvalue weighted by molar-refractivity contribution is 6.10. The third-order valence-electron chi connectivity index (χ3n) is 3.61. The topological polar surface area (TPSA) is 88.4 Å². The van der Waals surface area contributed by atoms with Crippen LogP contribution in [0.4, 0.5) is 5.69 Å². The minimum atomic E-state index is -0.548. The monoisotopic (exact) mass is 350 g/mol. The molecule has 6 nitrogen and oxygen atoms in total. The second kappa shape index (κ2) is 8.49. The summed E-state index contributed by atoms with van der Waals surface area (Å²) >= 11 is 0. The highest BCUT2D eigenvalue weighted by Gasteiger charge is 2.13. The number of esters is 1. The van der Waals surface area contributed by atoms with E-state index in [0.717, 1.165) is 5.56 Å². The van der Waals surface area contributed by atoms with E-state index in [2.05, 4.69) is 10.1 Å². The zero-order chi connectivity index (χ0) is 19.1. The Kier molecular flexibility index (Phi) is 6.12. The molecule has 0 aliphatic heterocycles. The third kappa shape index (κ3) is 4.48. The van der Waals surface area contributed by atoms with Gasteiger partial charge in [0.05, 0.1) is 25.5 Å². The Bertz CT molecular complexity index is 893. The number of nitrogens with one attached hydrogen (secondary N) is 1.